The second-order valence-electron chi connectivity index (χ2n) is 5.42. The SMILES string of the molecule is O=C(CNS(=O)(=O)CCC1CCCCN1)NC1CC1. The van der Waals surface area contributed by atoms with Crippen LogP contribution in [0, 0.1) is 0 Å². The van der Waals surface area contributed by atoms with Crippen molar-refractivity contribution in [3.05, 3.63) is 0 Å². The number of carbonyl (C=O) groups is 1. The average Bonchev–Trinajstić information content (AvgIpc) is 3.20. The highest BCUT2D eigenvalue weighted by atomic mass is 32.2. The van der Waals surface area contributed by atoms with Crippen LogP contribution in [0.2, 0.25) is 0 Å². The highest BCUT2D eigenvalue weighted by molar-refractivity contribution is 7.89. The first kappa shape index (κ1) is 14.7. The van der Waals surface area contributed by atoms with Crippen LogP contribution < -0.4 is 15.4 Å². The zero-order valence-corrected chi connectivity index (χ0v) is 12.0. The van der Waals surface area contributed by atoms with Gasteiger partial charge in [-0.2, -0.15) is 0 Å². The van der Waals surface area contributed by atoms with Crippen molar-refractivity contribution in [1.29, 1.82) is 0 Å². The maximum absolute atomic E-state index is 11.8. The van der Waals surface area contributed by atoms with Gasteiger partial charge in [0, 0.05) is 12.1 Å². The van der Waals surface area contributed by atoms with Crippen molar-refractivity contribution in [1.82, 2.24) is 15.4 Å². The molecule has 1 unspecified atom stereocenters. The molecule has 1 aliphatic heterocycles. The summed E-state index contributed by atoms with van der Waals surface area (Å²) in [5.74, 6) is -0.150. The van der Waals surface area contributed by atoms with Gasteiger partial charge in [-0.15, -0.1) is 0 Å². The Hall–Kier alpha value is -0.660. The van der Waals surface area contributed by atoms with E-state index in [9.17, 15) is 13.2 Å². The first-order valence-corrected chi connectivity index (χ1v) is 8.70. The first-order chi connectivity index (χ1) is 9.05. The minimum atomic E-state index is -3.34. The predicted molar refractivity (Wildman–Crippen MR) is 73.2 cm³/mol. The van der Waals surface area contributed by atoms with Gasteiger partial charge in [-0.3, -0.25) is 4.79 Å². The lowest BCUT2D eigenvalue weighted by Crippen LogP contribution is -2.40. The summed E-state index contributed by atoms with van der Waals surface area (Å²) in [6, 6.07) is 0.564. The van der Waals surface area contributed by atoms with Gasteiger partial charge in [-0.1, -0.05) is 6.42 Å². The number of hydrogen-bond donors (Lipinski definition) is 3. The minimum Gasteiger partial charge on any atom is -0.352 e. The molecule has 7 heteroatoms. The Morgan fingerprint density at radius 2 is 2.00 bits per heavy atom. The molecular formula is C12H23N3O3S. The number of piperidine rings is 1. The van der Waals surface area contributed by atoms with Crippen LogP contribution in [0.5, 0.6) is 0 Å². The molecule has 1 saturated carbocycles. The van der Waals surface area contributed by atoms with Gasteiger partial charge in [0.1, 0.15) is 0 Å². The van der Waals surface area contributed by atoms with Crippen LogP contribution >= 0.6 is 0 Å². The summed E-state index contributed by atoms with van der Waals surface area (Å²) < 4.78 is 25.9. The van der Waals surface area contributed by atoms with Crippen molar-refractivity contribution in [2.24, 2.45) is 0 Å². The van der Waals surface area contributed by atoms with E-state index < -0.39 is 10.0 Å². The monoisotopic (exact) mass is 289 g/mol. The lowest BCUT2D eigenvalue weighted by atomic mass is 10.0. The highest BCUT2D eigenvalue weighted by Gasteiger charge is 2.24. The van der Waals surface area contributed by atoms with Crippen molar-refractivity contribution in [3.8, 4) is 0 Å². The summed E-state index contributed by atoms with van der Waals surface area (Å²) in [6.45, 7) is 0.832. The summed E-state index contributed by atoms with van der Waals surface area (Å²) >= 11 is 0. The third-order valence-electron chi connectivity index (χ3n) is 3.54. The summed E-state index contributed by atoms with van der Waals surface area (Å²) in [5.41, 5.74) is 0. The van der Waals surface area contributed by atoms with Gasteiger partial charge in [0.15, 0.2) is 0 Å². The minimum absolute atomic E-state index is 0.0847. The normalized spacial score (nSPS) is 24.1. The molecule has 1 amide bonds. The van der Waals surface area contributed by atoms with Gasteiger partial charge in [0.25, 0.3) is 0 Å². The Morgan fingerprint density at radius 1 is 1.21 bits per heavy atom. The van der Waals surface area contributed by atoms with Crippen LogP contribution in [-0.4, -0.2) is 45.3 Å². The van der Waals surface area contributed by atoms with Gasteiger partial charge in [-0.25, -0.2) is 13.1 Å². The molecule has 2 rings (SSSR count). The Balaban J connectivity index is 1.64. The van der Waals surface area contributed by atoms with Gasteiger partial charge in [-0.05, 0) is 38.6 Å². The van der Waals surface area contributed by atoms with Gasteiger partial charge in [0.05, 0.1) is 12.3 Å². The molecule has 0 aromatic heterocycles. The van der Waals surface area contributed by atoms with E-state index in [0.717, 1.165) is 32.2 Å². The molecule has 19 heavy (non-hydrogen) atoms. The Labute approximate surface area is 114 Å². The van der Waals surface area contributed by atoms with Crippen LogP contribution in [-0.2, 0) is 14.8 Å². The van der Waals surface area contributed by atoms with Crippen LogP contribution in [0.25, 0.3) is 0 Å². The molecule has 2 aliphatic rings. The summed E-state index contributed by atoms with van der Waals surface area (Å²) in [4.78, 5) is 11.4. The smallest absolute Gasteiger partial charge is 0.235 e. The molecular weight excluding hydrogens is 266 g/mol. The van der Waals surface area contributed by atoms with E-state index in [2.05, 4.69) is 15.4 Å². The first-order valence-electron chi connectivity index (χ1n) is 7.05. The molecule has 110 valence electrons. The maximum atomic E-state index is 11.8. The molecule has 0 spiro atoms. The quantitative estimate of drug-likeness (QED) is 0.601. The third-order valence-corrected chi connectivity index (χ3v) is 4.90. The van der Waals surface area contributed by atoms with Crippen molar-refractivity contribution in [2.45, 2.75) is 50.6 Å². The lowest BCUT2D eigenvalue weighted by molar-refractivity contribution is -0.120. The zero-order valence-electron chi connectivity index (χ0n) is 11.2. The van der Waals surface area contributed by atoms with Gasteiger partial charge >= 0.3 is 0 Å². The molecule has 6 nitrogen and oxygen atoms in total. The van der Waals surface area contributed by atoms with Gasteiger partial charge in [0.2, 0.25) is 15.9 Å². The molecule has 2 fully saturated rings. The van der Waals surface area contributed by atoms with Crippen LogP contribution in [0.1, 0.15) is 38.5 Å². The van der Waals surface area contributed by atoms with Crippen molar-refractivity contribution < 1.29 is 13.2 Å². The van der Waals surface area contributed by atoms with E-state index in [1.54, 1.807) is 0 Å². The maximum Gasteiger partial charge on any atom is 0.235 e. The second-order valence-corrected chi connectivity index (χ2v) is 7.34. The van der Waals surface area contributed by atoms with E-state index in [-0.39, 0.29) is 24.2 Å². The lowest BCUT2D eigenvalue weighted by Gasteiger charge is -2.23. The van der Waals surface area contributed by atoms with Crippen molar-refractivity contribution >= 4 is 15.9 Å². The number of hydrogen-bond acceptors (Lipinski definition) is 4. The molecule has 1 heterocycles. The fourth-order valence-corrected chi connectivity index (χ4v) is 3.31. The number of nitrogens with one attached hydrogen (secondary N) is 3. The fraction of sp³-hybridized carbons (Fsp3) is 0.917. The van der Waals surface area contributed by atoms with Gasteiger partial charge < -0.3 is 10.6 Å². The fourth-order valence-electron chi connectivity index (χ4n) is 2.22. The summed E-state index contributed by atoms with van der Waals surface area (Å²) in [7, 11) is -3.34. The van der Waals surface area contributed by atoms with Crippen molar-refractivity contribution in [3.63, 3.8) is 0 Å². The number of amides is 1. The van der Waals surface area contributed by atoms with E-state index >= 15 is 0 Å². The Bertz CT molecular complexity index is 400. The second kappa shape index (κ2) is 6.67. The zero-order chi connectivity index (χ0) is 13.7. The highest BCUT2D eigenvalue weighted by Crippen LogP contribution is 2.18. The molecule has 0 radical (unpaired) electrons. The molecule has 1 aliphatic carbocycles. The number of carbonyl (C=O) groups excluding carboxylic acids is 1. The standard InChI is InChI=1S/C12H23N3O3S/c16-12(15-11-4-5-11)9-14-19(17,18)8-6-10-3-1-2-7-13-10/h10-11,13-14H,1-9H2,(H,15,16). The topological polar surface area (TPSA) is 87.3 Å². The van der Waals surface area contributed by atoms with E-state index in [0.29, 0.717) is 12.5 Å². The van der Waals surface area contributed by atoms with E-state index in [1.807, 2.05) is 0 Å². The molecule has 0 aromatic carbocycles. The number of rotatable bonds is 7. The van der Waals surface area contributed by atoms with Crippen LogP contribution in [0.15, 0.2) is 0 Å². The van der Waals surface area contributed by atoms with E-state index in [1.165, 1.54) is 6.42 Å². The molecule has 0 bridgehead atoms. The molecule has 1 saturated heterocycles. The predicted octanol–water partition coefficient (Wildman–Crippen LogP) is -0.283. The average molecular weight is 289 g/mol. The summed E-state index contributed by atoms with van der Waals surface area (Å²) in [6.07, 6.45) is 5.99. The third kappa shape index (κ3) is 5.88. The molecule has 3 N–H and O–H groups in total. The van der Waals surface area contributed by atoms with E-state index in [4.69, 9.17) is 0 Å². The molecule has 0 aromatic rings. The Kier molecular flexibility index (Phi) is 5.18. The van der Waals surface area contributed by atoms with Crippen LogP contribution in [0.3, 0.4) is 0 Å². The largest absolute Gasteiger partial charge is 0.352 e. The number of sulfonamides is 1. The van der Waals surface area contributed by atoms with Crippen molar-refractivity contribution in [2.75, 3.05) is 18.8 Å². The Morgan fingerprint density at radius 3 is 2.63 bits per heavy atom. The van der Waals surface area contributed by atoms with Crippen LogP contribution in [0.4, 0.5) is 0 Å². The summed E-state index contributed by atoms with van der Waals surface area (Å²) in [5, 5.41) is 6.07. The molecule has 1 atom stereocenters.